The molecule has 1 N–H and O–H groups in total. The van der Waals surface area contributed by atoms with Crippen LogP contribution in [0.2, 0.25) is 0 Å². The van der Waals surface area contributed by atoms with Gasteiger partial charge >= 0.3 is 0 Å². The van der Waals surface area contributed by atoms with Gasteiger partial charge < -0.3 is 5.11 Å². The molecule has 0 saturated heterocycles. The van der Waals surface area contributed by atoms with Crippen molar-refractivity contribution in [2.75, 3.05) is 0 Å². The van der Waals surface area contributed by atoms with Crippen LogP contribution in [-0.2, 0) is 0 Å². The number of hydrogen-bond acceptors (Lipinski definition) is 1. The quantitative estimate of drug-likeness (QED) is 0.545. The normalized spacial score (nSPS) is 50.3. The van der Waals surface area contributed by atoms with E-state index in [0.717, 1.165) is 54.3 Å². The maximum absolute atomic E-state index is 10.4. The molecule has 1 nitrogen and oxygen atoms in total. The topological polar surface area (TPSA) is 20.2 Å². The molecule has 4 aliphatic rings. The average Bonchev–Trinajstić information content (AvgIpc) is 3.09. The summed E-state index contributed by atoms with van der Waals surface area (Å²) in [4.78, 5) is 0. The molecule has 0 aromatic carbocycles. The SMILES string of the molecule is CC(C)CCC[C@@H](C)[C@@H]1CC[C@H]2[C@H]3CC[C@H]4C[C@@H](O)C[C@]4(C)[C@@H]3CC[C@@]21C. The zero-order chi connectivity index (χ0) is 19.4. The fraction of sp³-hybridized carbons (Fsp3) is 1.00. The number of hydrogen-bond donors (Lipinski definition) is 1. The number of aliphatic hydroxyl groups excluding tert-OH is 1. The summed E-state index contributed by atoms with van der Waals surface area (Å²) in [7, 11) is 0. The van der Waals surface area contributed by atoms with E-state index in [4.69, 9.17) is 0 Å². The Morgan fingerprint density at radius 2 is 1.63 bits per heavy atom. The van der Waals surface area contributed by atoms with Crippen molar-refractivity contribution in [2.24, 2.45) is 52.3 Å². The summed E-state index contributed by atoms with van der Waals surface area (Å²) in [6.07, 6.45) is 15.2. The van der Waals surface area contributed by atoms with Crippen LogP contribution in [0.25, 0.3) is 0 Å². The molecule has 0 bridgehead atoms. The van der Waals surface area contributed by atoms with Gasteiger partial charge in [-0.2, -0.15) is 0 Å². The summed E-state index contributed by atoms with van der Waals surface area (Å²) in [5, 5.41) is 10.4. The second-order valence-electron chi connectivity index (χ2n) is 12.3. The molecule has 156 valence electrons. The van der Waals surface area contributed by atoms with Gasteiger partial charge in [-0.25, -0.2) is 0 Å². The smallest absolute Gasteiger partial charge is 0.0548 e. The van der Waals surface area contributed by atoms with Gasteiger partial charge in [0.25, 0.3) is 0 Å². The largest absolute Gasteiger partial charge is 0.393 e. The lowest BCUT2D eigenvalue weighted by Gasteiger charge is -2.58. The molecule has 4 rings (SSSR count). The van der Waals surface area contributed by atoms with E-state index in [9.17, 15) is 5.11 Å². The molecule has 9 atom stereocenters. The van der Waals surface area contributed by atoms with Crippen LogP contribution in [0, 0.1) is 52.3 Å². The molecular formula is C26H46O. The van der Waals surface area contributed by atoms with Crippen LogP contribution in [0.3, 0.4) is 0 Å². The second kappa shape index (κ2) is 7.33. The Balaban J connectivity index is 1.47. The fourth-order valence-corrected chi connectivity index (χ4v) is 9.18. The van der Waals surface area contributed by atoms with Crippen molar-refractivity contribution in [1.29, 1.82) is 0 Å². The Hall–Kier alpha value is -0.0400. The average molecular weight is 375 g/mol. The Bertz CT molecular complexity index is 526. The Labute approximate surface area is 169 Å². The Morgan fingerprint density at radius 1 is 0.889 bits per heavy atom. The van der Waals surface area contributed by atoms with Gasteiger partial charge in [0.1, 0.15) is 0 Å². The van der Waals surface area contributed by atoms with Gasteiger partial charge in [0.2, 0.25) is 0 Å². The first-order chi connectivity index (χ1) is 12.8. The van der Waals surface area contributed by atoms with Crippen molar-refractivity contribution >= 4 is 0 Å². The van der Waals surface area contributed by atoms with Crippen LogP contribution in [0.4, 0.5) is 0 Å². The summed E-state index contributed by atoms with van der Waals surface area (Å²) < 4.78 is 0. The first-order valence-electron chi connectivity index (χ1n) is 12.4. The lowest BCUT2D eigenvalue weighted by Crippen LogP contribution is -2.50. The lowest BCUT2D eigenvalue weighted by molar-refractivity contribution is -0.0911. The molecule has 4 aliphatic carbocycles. The van der Waals surface area contributed by atoms with E-state index in [-0.39, 0.29) is 6.10 Å². The fourth-order valence-electron chi connectivity index (χ4n) is 9.18. The lowest BCUT2D eigenvalue weighted by atomic mass is 9.47. The molecule has 0 spiro atoms. The van der Waals surface area contributed by atoms with Crippen LogP contribution in [0.1, 0.15) is 105 Å². The van der Waals surface area contributed by atoms with Crippen molar-refractivity contribution in [3.8, 4) is 0 Å². The molecule has 1 heteroatoms. The van der Waals surface area contributed by atoms with Crippen molar-refractivity contribution in [2.45, 2.75) is 111 Å². The third-order valence-electron chi connectivity index (χ3n) is 10.5. The van der Waals surface area contributed by atoms with E-state index in [1.807, 2.05) is 0 Å². The highest BCUT2D eigenvalue weighted by molar-refractivity contribution is 5.10. The van der Waals surface area contributed by atoms with E-state index in [2.05, 4.69) is 34.6 Å². The zero-order valence-electron chi connectivity index (χ0n) is 18.8. The van der Waals surface area contributed by atoms with Gasteiger partial charge in [-0.1, -0.05) is 53.9 Å². The van der Waals surface area contributed by atoms with Crippen LogP contribution in [-0.4, -0.2) is 11.2 Å². The summed E-state index contributed by atoms with van der Waals surface area (Å²) in [5.74, 6) is 6.39. The van der Waals surface area contributed by atoms with Crippen LogP contribution in [0.5, 0.6) is 0 Å². The second-order valence-corrected chi connectivity index (χ2v) is 12.3. The zero-order valence-corrected chi connectivity index (χ0v) is 18.8. The third kappa shape index (κ3) is 3.32. The standard InChI is InChI=1S/C26H46O/c1-17(2)7-6-8-18(3)22-11-12-23-21-10-9-19-15-20(27)16-26(19,5)24(21)13-14-25(22,23)4/h17-24,27H,6-16H2,1-5H3/t18-,19+,20-,21-,22+,23+,24-,25-,26+/m1/s1. The molecule has 4 fully saturated rings. The highest BCUT2D eigenvalue weighted by Crippen LogP contribution is 2.68. The molecule has 0 aliphatic heterocycles. The van der Waals surface area contributed by atoms with E-state index >= 15 is 0 Å². The Morgan fingerprint density at radius 3 is 2.37 bits per heavy atom. The van der Waals surface area contributed by atoms with Gasteiger partial charge in [-0.05, 0) is 104 Å². The summed E-state index contributed by atoms with van der Waals surface area (Å²) in [5.41, 5.74) is 1.06. The van der Waals surface area contributed by atoms with Crippen molar-refractivity contribution in [3.63, 3.8) is 0 Å². The maximum Gasteiger partial charge on any atom is 0.0548 e. The molecule has 4 saturated carbocycles. The Kier molecular flexibility index (Phi) is 5.50. The number of aliphatic hydroxyl groups is 1. The molecule has 27 heavy (non-hydrogen) atoms. The highest BCUT2D eigenvalue weighted by Gasteiger charge is 2.61. The molecule has 0 aromatic heterocycles. The van der Waals surface area contributed by atoms with Gasteiger partial charge in [0.05, 0.1) is 6.10 Å². The summed E-state index contributed by atoms with van der Waals surface area (Å²) >= 11 is 0. The van der Waals surface area contributed by atoms with Crippen molar-refractivity contribution < 1.29 is 5.11 Å². The minimum atomic E-state index is -0.00985. The predicted octanol–water partition coefficient (Wildman–Crippen LogP) is 7.08. The predicted molar refractivity (Wildman–Crippen MR) is 114 cm³/mol. The molecule has 0 amide bonds. The van der Waals surface area contributed by atoms with Crippen molar-refractivity contribution in [3.05, 3.63) is 0 Å². The molecule has 0 aromatic rings. The molecule has 0 unspecified atom stereocenters. The summed E-state index contributed by atoms with van der Waals surface area (Å²) in [6.45, 7) is 12.6. The highest BCUT2D eigenvalue weighted by atomic mass is 16.3. The van der Waals surface area contributed by atoms with E-state index < -0.39 is 0 Å². The van der Waals surface area contributed by atoms with E-state index in [0.29, 0.717) is 10.8 Å². The van der Waals surface area contributed by atoms with Gasteiger partial charge in [0, 0.05) is 0 Å². The van der Waals surface area contributed by atoms with E-state index in [1.54, 1.807) is 0 Å². The van der Waals surface area contributed by atoms with Gasteiger partial charge in [-0.3, -0.25) is 0 Å². The first-order valence-corrected chi connectivity index (χ1v) is 12.4. The van der Waals surface area contributed by atoms with Crippen molar-refractivity contribution in [1.82, 2.24) is 0 Å². The van der Waals surface area contributed by atoms with Crippen LogP contribution < -0.4 is 0 Å². The maximum atomic E-state index is 10.4. The minimum absolute atomic E-state index is 0.00985. The molecule has 0 radical (unpaired) electrons. The minimum Gasteiger partial charge on any atom is -0.393 e. The first kappa shape index (κ1) is 20.2. The monoisotopic (exact) mass is 374 g/mol. The summed E-state index contributed by atoms with van der Waals surface area (Å²) in [6, 6.07) is 0. The van der Waals surface area contributed by atoms with E-state index in [1.165, 1.54) is 57.8 Å². The molecule has 0 heterocycles. The van der Waals surface area contributed by atoms with Gasteiger partial charge in [0.15, 0.2) is 0 Å². The van der Waals surface area contributed by atoms with Gasteiger partial charge in [-0.15, -0.1) is 0 Å². The number of fused-ring (bicyclic) bond motifs is 5. The molecular weight excluding hydrogens is 328 g/mol. The third-order valence-corrected chi connectivity index (χ3v) is 10.5. The number of rotatable bonds is 5. The van der Waals surface area contributed by atoms with Crippen LogP contribution >= 0.6 is 0 Å². The van der Waals surface area contributed by atoms with Crippen LogP contribution in [0.15, 0.2) is 0 Å².